The Morgan fingerprint density at radius 2 is 2.25 bits per heavy atom. The van der Waals surface area contributed by atoms with Crippen molar-refractivity contribution in [2.45, 2.75) is 0 Å². The van der Waals surface area contributed by atoms with Crippen molar-refractivity contribution >= 4 is 7.32 Å². The molecule has 0 bridgehead atoms. The molecule has 0 saturated carbocycles. The third kappa shape index (κ3) is 2.11. The Morgan fingerprint density at radius 1 is 1.50 bits per heavy atom. The van der Waals surface area contributed by atoms with Gasteiger partial charge in [0.15, 0.2) is 5.75 Å². The quantitative estimate of drug-likeness (QED) is 0.593. The predicted octanol–water partition coefficient (Wildman–Crippen LogP) is -0.562. The van der Waals surface area contributed by atoms with Crippen LogP contribution in [0.3, 0.4) is 0 Å². The minimum absolute atomic E-state index is 0.0509. The molecule has 1 rings (SSSR count). The SMILES string of the molecule is COc1cccnc1OB(O)O. The number of hydrogen-bond acceptors (Lipinski definition) is 5. The van der Waals surface area contributed by atoms with E-state index in [1.54, 1.807) is 12.1 Å². The van der Waals surface area contributed by atoms with Gasteiger partial charge in [-0.1, -0.05) is 0 Å². The van der Waals surface area contributed by atoms with Gasteiger partial charge in [-0.2, -0.15) is 0 Å². The number of ether oxygens (including phenoxy) is 1. The highest BCUT2D eigenvalue weighted by Crippen LogP contribution is 2.22. The Kier molecular flexibility index (Phi) is 2.90. The van der Waals surface area contributed by atoms with Crippen molar-refractivity contribution in [1.29, 1.82) is 0 Å². The second kappa shape index (κ2) is 3.94. The largest absolute Gasteiger partial charge is 0.708 e. The second-order valence-electron chi connectivity index (χ2n) is 1.95. The van der Waals surface area contributed by atoms with Crippen LogP contribution in [0.5, 0.6) is 11.6 Å². The summed E-state index contributed by atoms with van der Waals surface area (Å²) in [6.45, 7) is 0. The fourth-order valence-electron chi connectivity index (χ4n) is 0.720. The van der Waals surface area contributed by atoms with E-state index in [2.05, 4.69) is 9.64 Å². The number of nitrogens with zero attached hydrogens (tertiary/aromatic N) is 1. The average Bonchev–Trinajstić information content (AvgIpc) is 2.04. The van der Waals surface area contributed by atoms with Crippen LogP contribution >= 0.6 is 0 Å². The summed E-state index contributed by atoms with van der Waals surface area (Å²) >= 11 is 0. The van der Waals surface area contributed by atoms with Crippen LogP contribution in [0.15, 0.2) is 18.3 Å². The fraction of sp³-hybridized carbons (Fsp3) is 0.167. The van der Waals surface area contributed by atoms with Crippen LogP contribution in [-0.2, 0) is 0 Å². The lowest BCUT2D eigenvalue weighted by atomic mass is 10.2. The highest BCUT2D eigenvalue weighted by atomic mass is 16.6. The van der Waals surface area contributed by atoms with Crippen molar-refractivity contribution in [3.8, 4) is 11.6 Å². The zero-order valence-corrected chi connectivity index (χ0v) is 6.47. The van der Waals surface area contributed by atoms with Gasteiger partial charge >= 0.3 is 7.32 Å². The lowest BCUT2D eigenvalue weighted by Gasteiger charge is -2.06. The van der Waals surface area contributed by atoms with Gasteiger partial charge in [0.2, 0.25) is 5.88 Å². The lowest BCUT2D eigenvalue weighted by molar-refractivity contribution is 0.274. The zero-order chi connectivity index (χ0) is 8.97. The summed E-state index contributed by atoms with van der Waals surface area (Å²) in [5, 5.41) is 16.9. The minimum atomic E-state index is -1.88. The van der Waals surface area contributed by atoms with Gasteiger partial charge < -0.3 is 19.4 Å². The smallest absolute Gasteiger partial charge is 0.495 e. The third-order valence-corrected chi connectivity index (χ3v) is 1.17. The molecule has 0 fully saturated rings. The van der Waals surface area contributed by atoms with Crippen molar-refractivity contribution in [1.82, 2.24) is 4.98 Å². The molecule has 1 heterocycles. The first-order valence-corrected chi connectivity index (χ1v) is 3.26. The molecule has 0 amide bonds. The molecule has 0 atom stereocenters. The number of hydrogen-bond donors (Lipinski definition) is 2. The van der Waals surface area contributed by atoms with Crippen LogP contribution in [0.25, 0.3) is 0 Å². The van der Waals surface area contributed by atoms with E-state index in [9.17, 15) is 0 Å². The summed E-state index contributed by atoms with van der Waals surface area (Å²) in [6.07, 6.45) is 1.46. The summed E-state index contributed by atoms with van der Waals surface area (Å²) in [5.74, 6) is 0.403. The van der Waals surface area contributed by atoms with Crippen LogP contribution in [0.4, 0.5) is 0 Å². The first-order valence-electron chi connectivity index (χ1n) is 3.26. The van der Waals surface area contributed by atoms with Gasteiger partial charge in [0.1, 0.15) is 0 Å². The van der Waals surface area contributed by atoms with Crippen molar-refractivity contribution < 1.29 is 19.4 Å². The first kappa shape index (κ1) is 8.83. The van der Waals surface area contributed by atoms with Crippen LogP contribution in [0.2, 0.25) is 0 Å². The van der Waals surface area contributed by atoms with Gasteiger partial charge in [-0.05, 0) is 12.1 Å². The molecule has 1 aromatic rings. The molecule has 2 N–H and O–H groups in total. The summed E-state index contributed by atoms with van der Waals surface area (Å²) in [4.78, 5) is 3.72. The third-order valence-electron chi connectivity index (χ3n) is 1.17. The molecule has 0 unspecified atom stereocenters. The highest BCUT2D eigenvalue weighted by Gasteiger charge is 2.15. The number of rotatable bonds is 3. The monoisotopic (exact) mass is 169 g/mol. The standard InChI is InChI=1S/C6H8BNO4/c1-11-5-3-2-4-8-6(5)12-7(9)10/h2-4,9-10H,1H3. The van der Waals surface area contributed by atoms with Crippen molar-refractivity contribution in [2.75, 3.05) is 7.11 Å². The summed E-state index contributed by atoms with van der Waals surface area (Å²) in [7, 11) is -0.443. The maximum absolute atomic E-state index is 8.46. The van der Waals surface area contributed by atoms with E-state index in [-0.39, 0.29) is 5.88 Å². The molecule has 6 heteroatoms. The van der Waals surface area contributed by atoms with E-state index in [4.69, 9.17) is 14.8 Å². The van der Waals surface area contributed by atoms with Crippen LogP contribution in [0, 0.1) is 0 Å². The molecule has 0 radical (unpaired) electrons. The summed E-state index contributed by atoms with van der Waals surface area (Å²) in [6, 6.07) is 3.25. The molecule has 64 valence electrons. The first-order chi connectivity index (χ1) is 5.74. The van der Waals surface area contributed by atoms with Crippen LogP contribution in [0.1, 0.15) is 0 Å². The molecular formula is C6H8BNO4. The van der Waals surface area contributed by atoms with E-state index in [0.717, 1.165) is 0 Å². The van der Waals surface area contributed by atoms with Crippen molar-refractivity contribution in [3.05, 3.63) is 18.3 Å². The van der Waals surface area contributed by atoms with Gasteiger partial charge in [0.05, 0.1) is 7.11 Å². The van der Waals surface area contributed by atoms with Gasteiger partial charge in [-0.25, -0.2) is 4.98 Å². The Bertz CT molecular complexity index is 255. The molecule has 0 aliphatic carbocycles. The van der Waals surface area contributed by atoms with Crippen LogP contribution < -0.4 is 9.39 Å². The Morgan fingerprint density at radius 3 is 2.83 bits per heavy atom. The van der Waals surface area contributed by atoms with E-state index in [0.29, 0.717) is 5.75 Å². The fourth-order valence-corrected chi connectivity index (χ4v) is 0.720. The molecule has 12 heavy (non-hydrogen) atoms. The molecular weight excluding hydrogens is 161 g/mol. The highest BCUT2D eigenvalue weighted by molar-refractivity contribution is 6.33. The maximum atomic E-state index is 8.46. The predicted molar refractivity (Wildman–Crippen MR) is 41.6 cm³/mol. The molecule has 0 aliphatic heterocycles. The molecule has 0 spiro atoms. The van der Waals surface area contributed by atoms with E-state index >= 15 is 0 Å². The Balaban J connectivity index is 2.82. The maximum Gasteiger partial charge on any atom is 0.708 e. The molecule has 5 nitrogen and oxygen atoms in total. The number of methoxy groups -OCH3 is 1. The Labute approximate surface area is 69.8 Å². The van der Waals surface area contributed by atoms with E-state index < -0.39 is 7.32 Å². The van der Waals surface area contributed by atoms with Crippen molar-refractivity contribution in [3.63, 3.8) is 0 Å². The molecule has 1 aromatic heterocycles. The van der Waals surface area contributed by atoms with Gasteiger partial charge in [-0.15, -0.1) is 0 Å². The second-order valence-corrected chi connectivity index (χ2v) is 1.95. The molecule has 0 aromatic carbocycles. The van der Waals surface area contributed by atoms with E-state index in [1.807, 2.05) is 0 Å². The van der Waals surface area contributed by atoms with Gasteiger partial charge in [0.25, 0.3) is 0 Å². The average molecular weight is 169 g/mol. The van der Waals surface area contributed by atoms with Crippen molar-refractivity contribution in [2.24, 2.45) is 0 Å². The zero-order valence-electron chi connectivity index (χ0n) is 6.47. The topological polar surface area (TPSA) is 71.8 Å². The summed E-state index contributed by atoms with van der Waals surface area (Å²) < 4.78 is 9.35. The number of aromatic nitrogens is 1. The van der Waals surface area contributed by atoms with Gasteiger partial charge in [-0.3, -0.25) is 0 Å². The normalized spacial score (nSPS) is 9.25. The minimum Gasteiger partial charge on any atom is -0.495 e. The number of pyridine rings is 1. The Hall–Kier alpha value is -1.27. The molecule has 0 aliphatic rings. The van der Waals surface area contributed by atoms with Gasteiger partial charge in [0, 0.05) is 6.20 Å². The van der Waals surface area contributed by atoms with E-state index in [1.165, 1.54) is 13.3 Å². The lowest BCUT2D eigenvalue weighted by Crippen LogP contribution is -2.21. The molecule has 0 saturated heterocycles. The summed E-state index contributed by atoms with van der Waals surface area (Å²) in [5.41, 5.74) is 0. The van der Waals surface area contributed by atoms with Crippen LogP contribution in [-0.4, -0.2) is 29.5 Å².